The molecule has 0 aliphatic heterocycles. The Morgan fingerprint density at radius 3 is 2.45 bits per heavy atom. The number of halogens is 2. The van der Waals surface area contributed by atoms with Crippen molar-refractivity contribution in [1.82, 2.24) is 15.1 Å². The number of nitrogens with zero attached hydrogens (tertiary/aromatic N) is 2. The number of carbonyl (C=O) groups excluding carboxylic acids is 1. The van der Waals surface area contributed by atoms with Gasteiger partial charge in [0.15, 0.2) is 11.6 Å². The first kappa shape index (κ1) is 24.8. The number of hydrogen-bond acceptors (Lipinski definition) is 7. The lowest BCUT2D eigenvalue weighted by Crippen LogP contribution is -2.14. The molecule has 10 heteroatoms. The van der Waals surface area contributed by atoms with Gasteiger partial charge in [0.25, 0.3) is 5.89 Å². The van der Waals surface area contributed by atoms with Crippen LogP contribution in [0.4, 0.5) is 5.69 Å². The maximum absolute atomic E-state index is 13.0. The molecule has 4 aromatic rings. The largest absolute Gasteiger partial charge is 0.495 e. The Hall–Kier alpha value is -2.85. The van der Waals surface area contributed by atoms with E-state index in [0.717, 1.165) is 19.8 Å². The predicted octanol–water partition coefficient (Wildman–Crippen LogP) is 6.39. The zero-order chi connectivity index (χ0) is 24.1. The Balaban J connectivity index is 0.00000149. The molecule has 0 unspecified atom stereocenters. The van der Waals surface area contributed by atoms with Gasteiger partial charge in [-0.1, -0.05) is 19.0 Å². The molecule has 2 heterocycles. The van der Waals surface area contributed by atoms with Crippen molar-refractivity contribution < 1.29 is 18.8 Å². The summed E-state index contributed by atoms with van der Waals surface area (Å²) in [5, 5.41) is 7.81. The second kappa shape index (κ2) is 10.8. The van der Waals surface area contributed by atoms with E-state index in [-0.39, 0.29) is 12.3 Å². The van der Waals surface area contributed by atoms with E-state index < -0.39 is 0 Å². The molecule has 0 fully saturated rings. The van der Waals surface area contributed by atoms with Crippen molar-refractivity contribution in [3.05, 3.63) is 50.8 Å². The number of ketones is 1. The lowest BCUT2D eigenvalue weighted by Gasteiger charge is -2.13. The number of benzene rings is 2. The van der Waals surface area contributed by atoms with Gasteiger partial charge >= 0.3 is 0 Å². The van der Waals surface area contributed by atoms with E-state index in [2.05, 4.69) is 52.3 Å². The number of Topliss-reactive ketones (excluding diaryl/α,β-unsaturated/α-hetero) is 1. The number of aromatic nitrogens is 3. The number of ether oxygens (including phenoxy) is 2. The lowest BCUT2D eigenvalue weighted by molar-refractivity contribution is 0.101. The molecule has 2 aromatic heterocycles. The fraction of sp³-hybridized carbons (Fsp3) is 0.261. The Morgan fingerprint density at radius 1 is 1.09 bits per heavy atom. The number of nitrogens with one attached hydrogen (secondary N) is 2. The van der Waals surface area contributed by atoms with Gasteiger partial charge in [-0.25, -0.2) is 0 Å². The number of fused-ring (bicyclic) bond motifs is 1. The summed E-state index contributed by atoms with van der Waals surface area (Å²) < 4.78 is 17.6. The standard InChI is InChI=1S/C21H18Br2N4O4.C2H6/c1-10-26-21(31-27-10)12-5-17(20(30-3)6-14(12)22)25-9-18(28)13-8-24-16-7-19(29-2)15(23)4-11(13)16;1-2/h4-8,24-25H,9H2,1-3H3;1-2H3. The van der Waals surface area contributed by atoms with Crippen LogP contribution in [-0.2, 0) is 0 Å². The highest BCUT2D eigenvalue weighted by atomic mass is 79.9. The number of anilines is 1. The van der Waals surface area contributed by atoms with Crippen LogP contribution in [0, 0.1) is 6.92 Å². The second-order valence-electron chi connectivity index (χ2n) is 6.69. The van der Waals surface area contributed by atoms with E-state index in [0.29, 0.717) is 40.0 Å². The summed E-state index contributed by atoms with van der Waals surface area (Å²) in [5.41, 5.74) is 2.72. The summed E-state index contributed by atoms with van der Waals surface area (Å²) in [5.74, 6) is 2.09. The molecule has 0 amide bonds. The second-order valence-corrected chi connectivity index (χ2v) is 8.40. The molecule has 0 atom stereocenters. The maximum atomic E-state index is 13.0. The number of H-pyrrole nitrogens is 1. The molecule has 4 rings (SSSR count). The minimum Gasteiger partial charge on any atom is -0.495 e. The van der Waals surface area contributed by atoms with Gasteiger partial charge in [-0.05, 0) is 57.0 Å². The van der Waals surface area contributed by atoms with E-state index in [1.807, 2.05) is 26.0 Å². The van der Waals surface area contributed by atoms with Gasteiger partial charge in [-0.2, -0.15) is 4.98 Å². The Morgan fingerprint density at radius 2 is 1.82 bits per heavy atom. The number of aromatic amines is 1. The summed E-state index contributed by atoms with van der Waals surface area (Å²) in [6.45, 7) is 5.81. The molecule has 2 N–H and O–H groups in total. The molecule has 0 saturated heterocycles. The Bertz CT molecular complexity index is 1280. The lowest BCUT2D eigenvalue weighted by atomic mass is 10.1. The van der Waals surface area contributed by atoms with Crippen molar-refractivity contribution >= 4 is 54.2 Å². The highest BCUT2D eigenvalue weighted by Crippen LogP contribution is 2.37. The molecule has 33 heavy (non-hydrogen) atoms. The van der Waals surface area contributed by atoms with Gasteiger partial charge in [0.2, 0.25) is 0 Å². The SMILES string of the molecule is CC.COc1cc2[nH]cc(C(=O)CNc3cc(-c4nc(C)no4)c(Br)cc3OC)c2cc1Br. The van der Waals surface area contributed by atoms with Crippen LogP contribution in [0.2, 0.25) is 0 Å². The summed E-state index contributed by atoms with van der Waals surface area (Å²) in [4.78, 5) is 20.4. The maximum Gasteiger partial charge on any atom is 0.259 e. The zero-order valence-corrected chi connectivity index (χ0v) is 22.0. The van der Waals surface area contributed by atoms with Gasteiger partial charge < -0.3 is 24.3 Å². The van der Waals surface area contributed by atoms with Crippen LogP contribution in [0.3, 0.4) is 0 Å². The third-order valence-corrected chi connectivity index (χ3v) is 6.02. The molecule has 2 aromatic carbocycles. The zero-order valence-electron chi connectivity index (χ0n) is 18.9. The van der Waals surface area contributed by atoms with Crippen molar-refractivity contribution in [2.45, 2.75) is 20.8 Å². The van der Waals surface area contributed by atoms with Crippen LogP contribution in [0.25, 0.3) is 22.4 Å². The summed E-state index contributed by atoms with van der Waals surface area (Å²) in [6.07, 6.45) is 1.70. The molecule has 0 aliphatic rings. The molecule has 8 nitrogen and oxygen atoms in total. The molecule has 0 radical (unpaired) electrons. The monoisotopic (exact) mass is 578 g/mol. The van der Waals surface area contributed by atoms with Crippen molar-refractivity contribution in [3.8, 4) is 23.0 Å². The molecule has 174 valence electrons. The predicted molar refractivity (Wildman–Crippen MR) is 135 cm³/mol. The normalized spacial score (nSPS) is 10.5. The fourth-order valence-electron chi connectivity index (χ4n) is 3.21. The molecule has 0 spiro atoms. The van der Waals surface area contributed by atoms with Gasteiger partial charge in [0.05, 0.1) is 36.5 Å². The Kier molecular flexibility index (Phi) is 8.15. The summed E-state index contributed by atoms with van der Waals surface area (Å²) >= 11 is 6.98. The van der Waals surface area contributed by atoms with Crippen molar-refractivity contribution in [2.75, 3.05) is 26.1 Å². The van der Waals surface area contributed by atoms with Gasteiger partial charge in [0.1, 0.15) is 11.5 Å². The van der Waals surface area contributed by atoms with Gasteiger partial charge in [-0.15, -0.1) is 0 Å². The van der Waals surface area contributed by atoms with E-state index in [1.54, 1.807) is 39.5 Å². The van der Waals surface area contributed by atoms with Crippen LogP contribution in [0.1, 0.15) is 30.0 Å². The minimum atomic E-state index is -0.0801. The van der Waals surface area contributed by atoms with Crippen LogP contribution in [0.5, 0.6) is 11.5 Å². The fourth-order valence-corrected chi connectivity index (χ4v) is 4.21. The van der Waals surface area contributed by atoms with Crippen molar-refractivity contribution in [1.29, 1.82) is 0 Å². The van der Waals surface area contributed by atoms with Gasteiger partial charge in [0, 0.05) is 33.2 Å². The average Bonchev–Trinajstić information content (AvgIpc) is 3.44. The molecular weight excluding hydrogens is 556 g/mol. The quantitative estimate of drug-likeness (QED) is 0.244. The average molecular weight is 580 g/mol. The number of aryl methyl sites for hydroxylation is 1. The number of hydrogen-bond donors (Lipinski definition) is 2. The highest BCUT2D eigenvalue weighted by molar-refractivity contribution is 9.11. The van der Waals surface area contributed by atoms with E-state index in [4.69, 9.17) is 14.0 Å². The summed E-state index contributed by atoms with van der Waals surface area (Å²) in [6, 6.07) is 7.31. The number of rotatable bonds is 7. The molecule has 0 bridgehead atoms. The summed E-state index contributed by atoms with van der Waals surface area (Å²) in [7, 11) is 3.16. The first-order valence-electron chi connectivity index (χ1n) is 10.2. The van der Waals surface area contributed by atoms with Crippen LogP contribution >= 0.6 is 31.9 Å². The van der Waals surface area contributed by atoms with Crippen LogP contribution < -0.4 is 14.8 Å². The minimum absolute atomic E-state index is 0.0664. The van der Waals surface area contributed by atoms with Crippen molar-refractivity contribution in [2.24, 2.45) is 0 Å². The molecule has 0 saturated carbocycles. The van der Waals surface area contributed by atoms with Crippen LogP contribution in [0.15, 0.2) is 43.9 Å². The number of carbonyl (C=O) groups is 1. The topological polar surface area (TPSA) is 102 Å². The first-order valence-corrected chi connectivity index (χ1v) is 11.8. The van der Waals surface area contributed by atoms with Crippen LogP contribution in [-0.4, -0.2) is 41.7 Å². The van der Waals surface area contributed by atoms with E-state index >= 15 is 0 Å². The Labute approximate surface area is 208 Å². The first-order chi connectivity index (χ1) is 15.9. The van der Waals surface area contributed by atoms with Crippen molar-refractivity contribution in [3.63, 3.8) is 0 Å². The van der Waals surface area contributed by atoms with Gasteiger partial charge in [-0.3, -0.25) is 4.79 Å². The van der Waals surface area contributed by atoms with E-state index in [1.165, 1.54) is 0 Å². The highest BCUT2D eigenvalue weighted by Gasteiger charge is 2.18. The van der Waals surface area contributed by atoms with E-state index in [9.17, 15) is 4.79 Å². The third kappa shape index (κ3) is 5.22. The third-order valence-electron chi connectivity index (χ3n) is 4.74. The smallest absolute Gasteiger partial charge is 0.259 e. The number of methoxy groups -OCH3 is 2. The molecular formula is C23H24Br2N4O4. The molecule has 0 aliphatic carbocycles.